The molecule has 0 aliphatic heterocycles. The summed E-state index contributed by atoms with van der Waals surface area (Å²) < 4.78 is 1.67. The molecule has 28 heavy (non-hydrogen) atoms. The number of amides is 1. The van der Waals surface area contributed by atoms with E-state index >= 15 is 0 Å². The number of para-hydroxylation sites is 1. The zero-order valence-electron chi connectivity index (χ0n) is 15.5. The van der Waals surface area contributed by atoms with Crippen molar-refractivity contribution in [1.82, 2.24) is 25.0 Å². The normalized spacial score (nSPS) is 10.9. The molecule has 2 aromatic heterocycles. The van der Waals surface area contributed by atoms with E-state index < -0.39 is 0 Å². The van der Waals surface area contributed by atoms with Gasteiger partial charge in [0, 0.05) is 5.69 Å². The molecule has 0 aliphatic carbocycles. The van der Waals surface area contributed by atoms with E-state index in [-0.39, 0.29) is 11.7 Å². The van der Waals surface area contributed by atoms with Gasteiger partial charge in [-0.2, -0.15) is 4.68 Å². The SMILES string of the molecule is Cc1ccc(-n2nnc3c(SCC(=O)Nc4ccccc4C)ncnc32)cc1. The quantitative estimate of drug-likeness (QED) is 0.414. The maximum absolute atomic E-state index is 12.3. The van der Waals surface area contributed by atoms with Crippen molar-refractivity contribution in [2.75, 3.05) is 11.1 Å². The zero-order valence-corrected chi connectivity index (χ0v) is 16.3. The first-order valence-electron chi connectivity index (χ1n) is 8.73. The number of hydrogen-bond donors (Lipinski definition) is 1. The Morgan fingerprint density at radius 1 is 1.07 bits per heavy atom. The first kappa shape index (κ1) is 18.1. The van der Waals surface area contributed by atoms with Crippen molar-refractivity contribution in [3.63, 3.8) is 0 Å². The number of aromatic nitrogens is 5. The molecule has 1 N–H and O–H groups in total. The highest BCUT2D eigenvalue weighted by Crippen LogP contribution is 2.24. The molecule has 0 aliphatic rings. The van der Waals surface area contributed by atoms with Gasteiger partial charge in [-0.05, 0) is 37.6 Å². The minimum absolute atomic E-state index is 0.100. The van der Waals surface area contributed by atoms with Crippen LogP contribution in [0.1, 0.15) is 11.1 Å². The van der Waals surface area contributed by atoms with Crippen molar-refractivity contribution < 1.29 is 4.79 Å². The lowest BCUT2D eigenvalue weighted by molar-refractivity contribution is -0.113. The molecule has 0 spiro atoms. The highest BCUT2D eigenvalue weighted by atomic mass is 32.2. The molecule has 7 nitrogen and oxygen atoms in total. The average molecular weight is 390 g/mol. The van der Waals surface area contributed by atoms with Crippen LogP contribution in [0.15, 0.2) is 59.9 Å². The van der Waals surface area contributed by atoms with Gasteiger partial charge in [-0.15, -0.1) is 5.10 Å². The Kier molecular flexibility index (Phi) is 5.03. The van der Waals surface area contributed by atoms with Crippen molar-refractivity contribution in [3.8, 4) is 5.69 Å². The van der Waals surface area contributed by atoms with Gasteiger partial charge in [0.2, 0.25) is 5.91 Å². The lowest BCUT2D eigenvalue weighted by Gasteiger charge is -2.07. The molecule has 0 unspecified atom stereocenters. The number of nitrogens with zero attached hydrogens (tertiary/aromatic N) is 5. The number of carbonyl (C=O) groups is 1. The predicted octanol–water partition coefficient (Wildman–Crippen LogP) is 3.56. The van der Waals surface area contributed by atoms with Gasteiger partial charge in [0.05, 0.1) is 11.4 Å². The van der Waals surface area contributed by atoms with Crippen molar-refractivity contribution in [3.05, 3.63) is 66.0 Å². The number of benzene rings is 2. The second kappa shape index (κ2) is 7.77. The summed E-state index contributed by atoms with van der Waals surface area (Å²) >= 11 is 1.32. The molecule has 0 radical (unpaired) electrons. The number of hydrogen-bond acceptors (Lipinski definition) is 6. The highest BCUT2D eigenvalue weighted by molar-refractivity contribution is 8.00. The summed E-state index contributed by atoms with van der Waals surface area (Å²) in [6.45, 7) is 3.99. The molecule has 4 rings (SSSR count). The number of rotatable bonds is 5. The van der Waals surface area contributed by atoms with Crippen LogP contribution in [-0.4, -0.2) is 36.6 Å². The van der Waals surface area contributed by atoms with E-state index in [0.717, 1.165) is 16.9 Å². The molecule has 1 amide bonds. The number of carbonyl (C=O) groups excluding carboxylic acids is 1. The summed E-state index contributed by atoms with van der Waals surface area (Å²) in [6, 6.07) is 15.6. The van der Waals surface area contributed by atoms with E-state index in [2.05, 4.69) is 25.6 Å². The first-order valence-corrected chi connectivity index (χ1v) is 9.72. The molecule has 2 heterocycles. The highest BCUT2D eigenvalue weighted by Gasteiger charge is 2.15. The fraction of sp³-hybridized carbons (Fsp3) is 0.150. The summed E-state index contributed by atoms with van der Waals surface area (Å²) in [4.78, 5) is 20.9. The summed E-state index contributed by atoms with van der Waals surface area (Å²) in [5, 5.41) is 12.0. The Balaban J connectivity index is 1.52. The lowest BCUT2D eigenvalue weighted by atomic mass is 10.2. The smallest absolute Gasteiger partial charge is 0.234 e. The van der Waals surface area contributed by atoms with Gasteiger partial charge < -0.3 is 5.32 Å². The maximum Gasteiger partial charge on any atom is 0.234 e. The molecule has 0 saturated carbocycles. The van der Waals surface area contributed by atoms with Gasteiger partial charge in [-0.1, -0.05) is 52.9 Å². The number of fused-ring (bicyclic) bond motifs is 1. The molecule has 4 aromatic rings. The second-order valence-electron chi connectivity index (χ2n) is 6.34. The van der Waals surface area contributed by atoms with Gasteiger partial charge in [0.1, 0.15) is 11.4 Å². The molecule has 140 valence electrons. The number of thioether (sulfide) groups is 1. The Labute approximate surface area is 166 Å². The van der Waals surface area contributed by atoms with Crippen molar-refractivity contribution in [2.24, 2.45) is 0 Å². The Bertz CT molecular complexity index is 1140. The van der Waals surface area contributed by atoms with E-state index in [1.54, 1.807) is 4.68 Å². The standard InChI is InChI=1S/C20H18N6OS/c1-13-7-9-15(10-8-13)26-19-18(24-25-26)20(22-12-21-19)28-11-17(27)23-16-6-4-3-5-14(16)2/h3-10,12H,11H2,1-2H3,(H,23,27). The molecule has 8 heteroatoms. The van der Waals surface area contributed by atoms with E-state index in [4.69, 9.17) is 0 Å². The minimum atomic E-state index is -0.100. The van der Waals surface area contributed by atoms with Crippen LogP contribution < -0.4 is 5.32 Å². The zero-order chi connectivity index (χ0) is 19.5. The maximum atomic E-state index is 12.3. The van der Waals surface area contributed by atoms with Crippen molar-refractivity contribution in [2.45, 2.75) is 18.9 Å². The lowest BCUT2D eigenvalue weighted by Crippen LogP contribution is -2.14. The largest absolute Gasteiger partial charge is 0.325 e. The van der Waals surface area contributed by atoms with E-state index in [9.17, 15) is 4.79 Å². The minimum Gasteiger partial charge on any atom is -0.325 e. The van der Waals surface area contributed by atoms with Gasteiger partial charge in [0.15, 0.2) is 11.2 Å². The predicted molar refractivity (Wildman–Crippen MR) is 110 cm³/mol. The summed E-state index contributed by atoms with van der Waals surface area (Å²) in [5.74, 6) is 0.120. The van der Waals surface area contributed by atoms with Crippen LogP contribution in [0.5, 0.6) is 0 Å². The van der Waals surface area contributed by atoms with Crippen molar-refractivity contribution >= 4 is 34.5 Å². The van der Waals surface area contributed by atoms with Crippen molar-refractivity contribution in [1.29, 1.82) is 0 Å². The molecule has 0 saturated heterocycles. The van der Waals surface area contributed by atoms with Gasteiger partial charge in [-0.25, -0.2) is 9.97 Å². The van der Waals surface area contributed by atoms with E-state index in [1.807, 2.05) is 62.4 Å². The summed E-state index contributed by atoms with van der Waals surface area (Å²) in [7, 11) is 0. The number of anilines is 1. The summed E-state index contributed by atoms with van der Waals surface area (Å²) in [6.07, 6.45) is 1.47. The third kappa shape index (κ3) is 3.72. The molecular weight excluding hydrogens is 372 g/mol. The second-order valence-corrected chi connectivity index (χ2v) is 7.30. The first-order chi connectivity index (χ1) is 13.6. The van der Waals surface area contributed by atoms with Crippen LogP contribution in [0, 0.1) is 13.8 Å². The van der Waals surface area contributed by atoms with Crippen LogP contribution in [0.2, 0.25) is 0 Å². The Morgan fingerprint density at radius 3 is 2.64 bits per heavy atom. The van der Waals surface area contributed by atoms with Gasteiger partial charge in [-0.3, -0.25) is 4.79 Å². The third-order valence-electron chi connectivity index (χ3n) is 4.24. The summed E-state index contributed by atoms with van der Waals surface area (Å²) in [5.41, 5.74) is 5.06. The van der Waals surface area contributed by atoms with Crippen LogP contribution in [0.4, 0.5) is 5.69 Å². The van der Waals surface area contributed by atoms with Crippen LogP contribution >= 0.6 is 11.8 Å². The van der Waals surface area contributed by atoms with E-state index in [1.165, 1.54) is 23.7 Å². The molecule has 0 atom stereocenters. The monoisotopic (exact) mass is 390 g/mol. The fourth-order valence-corrected chi connectivity index (χ4v) is 3.46. The molecule has 2 aromatic carbocycles. The van der Waals surface area contributed by atoms with Crippen LogP contribution in [0.3, 0.4) is 0 Å². The fourth-order valence-electron chi connectivity index (χ4n) is 2.73. The van der Waals surface area contributed by atoms with Gasteiger partial charge in [0.25, 0.3) is 0 Å². The third-order valence-corrected chi connectivity index (χ3v) is 5.22. The van der Waals surface area contributed by atoms with Gasteiger partial charge >= 0.3 is 0 Å². The number of nitrogens with one attached hydrogen (secondary N) is 1. The molecule has 0 bridgehead atoms. The van der Waals surface area contributed by atoms with Crippen LogP contribution in [0.25, 0.3) is 16.9 Å². The molecular formula is C20H18N6OS. The van der Waals surface area contributed by atoms with E-state index in [0.29, 0.717) is 16.2 Å². The Morgan fingerprint density at radius 2 is 1.86 bits per heavy atom. The Hall–Kier alpha value is -3.26. The average Bonchev–Trinajstić information content (AvgIpc) is 3.13. The topological polar surface area (TPSA) is 85.6 Å². The molecule has 0 fully saturated rings. The number of aryl methyl sites for hydroxylation is 2. The van der Waals surface area contributed by atoms with Crippen LogP contribution in [-0.2, 0) is 4.79 Å².